The Bertz CT molecular complexity index is 1390. The third-order valence-corrected chi connectivity index (χ3v) is 6.17. The smallest absolute Gasteiger partial charge is 0.333 e. The molecule has 1 aliphatic rings. The highest BCUT2D eigenvalue weighted by Gasteiger charge is 2.23. The van der Waals surface area contributed by atoms with Gasteiger partial charge in [0.15, 0.2) is 0 Å². The maximum atomic E-state index is 13.7. The lowest BCUT2D eigenvalue weighted by Crippen LogP contribution is -2.48. The molecule has 5 rings (SSSR count). The SMILES string of the molecule is Nc1ccccc1Cn1c(N2CCC[C@@H](N)C2)cc(=O)n(Cc2nc3ccccc3[nH]2)c1=O. The third kappa shape index (κ3) is 4.14. The fraction of sp³-hybridized carbons (Fsp3) is 0.292. The second-order valence-electron chi connectivity index (χ2n) is 8.54. The molecular formula is C24H27N7O2. The van der Waals surface area contributed by atoms with Gasteiger partial charge in [0.2, 0.25) is 0 Å². The van der Waals surface area contributed by atoms with Crippen molar-refractivity contribution >= 4 is 22.5 Å². The monoisotopic (exact) mass is 445 g/mol. The van der Waals surface area contributed by atoms with E-state index in [1.807, 2.05) is 47.4 Å². The molecule has 0 unspecified atom stereocenters. The van der Waals surface area contributed by atoms with Crippen molar-refractivity contribution in [1.29, 1.82) is 0 Å². The Kier molecular flexibility index (Phi) is 5.47. The largest absolute Gasteiger partial charge is 0.398 e. The highest BCUT2D eigenvalue weighted by Crippen LogP contribution is 2.20. The van der Waals surface area contributed by atoms with Crippen LogP contribution >= 0.6 is 0 Å². The van der Waals surface area contributed by atoms with Gasteiger partial charge in [0.05, 0.1) is 24.1 Å². The number of para-hydroxylation sites is 3. The number of nitrogens with one attached hydrogen (secondary N) is 1. The first-order chi connectivity index (χ1) is 16.0. The zero-order chi connectivity index (χ0) is 22.9. The molecule has 5 N–H and O–H groups in total. The quantitative estimate of drug-likeness (QED) is 0.399. The first-order valence-corrected chi connectivity index (χ1v) is 11.1. The van der Waals surface area contributed by atoms with Crippen molar-refractivity contribution in [2.45, 2.75) is 32.0 Å². The molecule has 9 heteroatoms. The van der Waals surface area contributed by atoms with Crippen LogP contribution in [0.1, 0.15) is 24.2 Å². The normalized spacial score (nSPS) is 16.4. The molecule has 0 amide bonds. The van der Waals surface area contributed by atoms with Gasteiger partial charge < -0.3 is 21.4 Å². The van der Waals surface area contributed by atoms with Gasteiger partial charge in [0.1, 0.15) is 11.6 Å². The van der Waals surface area contributed by atoms with E-state index in [0.29, 0.717) is 23.9 Å². The van der Waals surface area contributed by atoms with Crippen molar-refractivity contribution in [3.05, 3.63) is 86.8 Å². The number of rotatable bonds is 5. The molecule has 33 heavy (non-hydrogen) atoms. The van der Waals surface area contributed by atoms with Crippen molar-refractivity contribution in [1.82, 2.24) is 19.1 Å². The van der Waals surface area contributed by atoms with Crippen LogP contribution in [0.4, 0.5) is 11.5 Å². The summed E-state index contributed by atoms with van der Waals surface area (Å²) in [6.07, 6.45) is 1.83. The number of nitrogens with two attached hydrogens (primary N) is 2. The number of aromatic amines is 1. The first kappa shape index (κ1) is 21.0. The molecular weight excluding hydrogens is 418 g/mol. The van der Waals surface area contributed by atoms with Crippen molar-refractivity contribution in [2.24, 2.45) is 5.73 Å². The molecule has 4 aromatic rings. The van der Waals surface area contributed by atoms with E-state index in [0.717, 1.165) is 36.0 Å². The Morgan fingerprint density at radius 3 is 2.61 bits per heavy atom. The molecule has 0 radical (unpaired) electrons. The highest BCUT2D eigenvalue weighted by atomic mass is 16.2. The van der Waals surface area contributed by atoms with Gasteiger partial charge in [-0.05, 0) is 36.6 Å². The summed E-state index contributed by atoms with van der Waals surface area (Å²) in [7, 11) is 0. The average molecular weight is 446 g/mol. The van der Waals surface area contributed by atoms with Gasteiger partial charge in [-0.15, -0.1) is 0 Å². The van der Waals surface area contributed by atoms with Gasteiger partial charge in [-0.25, -0.2) is 9.78 Å². The van der Waals surface area contributed by atoms with Gasteiger partial charge in [0, 0.05) is 30.9 Å². The summed E-state index contributed by atoms with van der Waals surface area (Å²) in [6, 6.07) is 16.6. The Morgan fingerprint density at radius 2 is 1.82 bits per heavy atom. The number of anilines is 2. The number of hydrogen-bond donors (Lipinski definition) is 3. The molecule has 0 aliphatic carbocycles. The Hall–Kier alpha value is -3.85. The zero-order valence-electron chi connectivity index (χ0n) is 18.3. The summed E-state index contributed by atoms with van der Waals surface area (Å²) in [4.78, 5) is 36.5. The molecule has 1 atom stereocenters. The number of imidazole rings is 1. The van der Waals surface area contributed by atoms with Crippen molar-refractivity contribution in [2.75, 3.05) is 23.7 Å². The van der Waals surface area contributed by atoms with Gasteiger partial charge in [-0.3, -0.25) is 13.9 Å². The summed E-state index contributed by atoms with van der Waals surface area (Å²) in [5.41, 5.74) is 14.7. The molecule has 0 spiro atoms. The highest BCUT2D eigenvalue weighted by molar-refractivity contribution is 5.74. The van der Waals surface area contributed by atoms with Crippen LogP contribution in [0.2, 0.25) is 0 Å². The van der Waals surface area contributed by atoms with E-state index < -0.39 is 5.69 Å². The predicted molar refractivity (Wildman–Crippen MR) is 130 cm³/mol. The minimum atomic E-state index is -0.402. The summed E-state index contributed by atoms with van der Waals surface area (Å²) >= 11 is 0. The van der Waals surface area contributed by atoms with Crippen LogP contribution in [0.5, 0.6) is 0 Å². The van der Waals surface area contributed by atoms with Crippen molar-refractivity contribution < 1.29 is 0 Å². The number of nitrogens with zero attached hydrogens (tertiary/aromatic N) is 4. The van der Waals surface area contributed by atoms with Crippen LogP contribution in [0.15, 0.2) is 64.2 Å². The third-order valence-electron chi connectivity index (χ3n) is 6.17. The van der Waals surface area contributed by atoms with Crippen LogP contribution in [-0.4, -0.2) is 38.2 Å². The first-order valence-electron chi connectivity index (χ1n) is 11.1. The van der Waals surface area contributed by atoms with Crippen LogP contribution in [-0.2, 0) is 13.1 Å². The van der Waals surface area contributed by atoms with Crippen LogP contribution < -0.4 is 27.6 Å². The van der Waals surface area contributed by atoms with E-state index in [-0.39, 0.29) is 24.7 Å². The summed E-state index contributed by atoms with van der Waals surface area (Å²) < 4.78 is 2.83. The predicted octanol–water partition coefficient (Wildman–Crippen LogP) is 1.49. The summed E-state index contributed by atoms with van der Waals surface area (Å²) in [5.74, 6) is 1.12. The van der Waals surface area contributed by atoms with Crippen LogP contribution in [0.25, 0.3) is 11.0 Å². The maximum Gasteiger partial charge on any atom is 0.333 e. The van der Waals surface area contributed by atoms with E-state index in [2.05, 4.69) is 9.97 Å². The number of fused-ring (bicyclic) bond motifs is 1. The molecule has 2 aromatic carbocycles. The van der Waals surface area contributed by atoms with E-state index in [4.69, 9.17) is 11.5 Å². The lowest BCUT2D eigenvalue weighted by atomic mass is 10.1. The van der Waals surface area contributed by atoms with Gasteiger partial charge in [0.25, 0.3) is 5.56 Å². The number of nitrogen functional groups attached to an aromatic ring is 1. The van der Waals surface area contributed by atoms with E-state index in [9.17, 15) is 9.59 Å². The molecule has 0 bridgehead atoms. The van der Waals surface area contributed by atoms with E-state index >= 15 is 0 Å². The minimum absolute atomic E-state index is 0.00192. The van der Waals surface area contributed by atoms with E-state index in [1.54, 1.807) is 10.6 Å². The molecule has 1 saturated heterocycles. The number of piperidine rings is 1. The van der Waals surface area contributed by atoms with Gasteiger partial charge in [-0.1, -0.05) is 30.3 Å². The number of aromatic nitrogens is 4. The fourth-order valence-corrected chi connectivity index (χ4v) is 4.46. The standard InChI is InChI=1S/C24H27N7O2/c25-17-7-5-11-29(14-17)22-12-23(32)31(15-21-27-19-9-3-4-10-20(19)28-21)24(33)30(22)13-16-6-1-2-8-18(16)26/h1-4,6,8-10,12,17H,5,7,11,13-15,25-26H2,(H,27,28)/t17-/m1/s1. The maximum absolute atomic E-state index is 13.7. The van der Waals surface area contributed by atoms with Crippen LogP contribution in [0, 0.1) is 0 Å². The number of benzene rings is 2. The molecule has 1 fully saturated rings. The minimum Gasteiger partial charge on any atom is -0.398 e. The van der Waals surface area contributed by atoms with Gasteiger partial charge in [-0.2, -0.15) is 0 Å². The lowest BCUT2D eigenvalue weighted by Gasteiger charge is -2.34. The Balaban J connectivity index is 1.60. The topological polar surface area (TPSA) is 128 Å². The summed E-state index contributed by atoms with van der Waals surface area (Å²) in [5, 5.41) is 0. The van der Waals surface area contributed by atoms with Crippen LogP contribution in [0.3, 0.4) is 0 Å². The zero-order valence-corrected chi connectivity index (χ0v) is 18.3. The Labute approximate surface area is 190 Å². The lowest BCUT2D eigenvalue weighted by molar-refractivity contribution is 0.489. The van der Waals surface area contributed by atoms with E-state index in [1.165, 1.54) is 10.6 Å². The molecule has 0 saturated carbocycles. The molecule has 2 aromatic heterocycles. The molecule has 1 aliphatic heterocycles. The van der Waals surface area contributed by atoms with Crippen molar-refractivity contribution in [3.8, 4) is 0 Å². The summed E-state index contributed by atoms with van der Waals surface area (Å²) in [6.45, 7) is 1.64. The number of hydrogen-bond acceptors (Lipinski definition) is 6. The second kappa shape index (κ2) is 8.59. The van der Waals surface area contributed by atoms with Crippen molar-refractivity contribution in [3.63, 3.8) is 0 Å². The second-order valence-corrected chi connectivity index (χ2v) is 8.54. The molecule has 170 valence electrons. The number of H-pyrrole nitrogens is 1. The van der Waals surface area contributed by atoms with Gasteiger partial charge >= 0.3 is 5.69 Å². The fourth-order valence-electron chi connectivity index (χ4n) is 4.46. The Morgan fingerprint density at radius 1 is 1.03 bits per heavy atom. The molecule has 3 heterocycles. The average Bonchev–Trinajstić information content (AvgIpc) is 3.22. The molecule has 9 nitrogen and oxygen atoms in total.